The quantitative estimate of drug-likeness (QED) is 0.768. The molecular formula is C19H23N5OS. The highest BCUT2D eigenvalue weighted by Crippen LogP contribution is 2.29. The van der Waals surface area contributed by atoms with E-state index < -0.39 is 0 Å². The van der Waals surface area contributed by atoms with Crippen LogP contribution in [0.4, 0.5) is 0 Å². The molecule has 0 spiro atoms. The monoisotopic (exact) mass is 369 g/mol. The van der Waals surface area contributed by atoms with Crippen molar-refractivity contribution in [2.24, 2.45) is 0 Å². The van der Waals surface area contributed by atoms with Crippen LogP contribution >= 0.6 is 11.3 Å². The van der Waals surface area contributed by atoms with Crippen molar-refractivity contribution in [3.05, 3.63) is 51.6 Å². The average Bonchev–Trinajstić information content (AvgIpc) is 3.27. The second-order valence-corrected chi connectivity index (χ2v) is 7.84. The summed E-state index contributed by atoms with van der Waals surface area (Å²) in [6.45, 7) is 5.33. The molecule has 4 rings (SSSR count). The van der Waals surface area contributed by atoms with E-state index in [1.54, 1.807) is 19.4 Å². The molecule has 0 unspecified atom stereocenters. The maximum atomic E-state index is 12.0. The normalized spacial score (nSPS) is 18.3. The number of piperidine rings is 1. The summed E-state index contributed by atoms with van der Waals surface area (Å²) in [5, 5.41) is 9.28. The number of hydrogen-bond donors (Lipinski definition) is 1. The van der Waals surface area contributed by atoms with Gasteiger partial charge < -0.3 is 5.32 Å². The minimum absolute atomic E-state index is 0.150. The lowest BCUT2D eigenvalue weighted by molar-refractivity contribution is 0.0964. The van der Waals surface area contributed by atoms with Gasteiger partial charge in [-0.3, -0.25) is 9.69 Å². The first-order valence-corrected chi connectivity index (χ1v) is 9.85. The molecular weight excluding hydrogens is 346 g/mol. The van der Waals surface area contributed by atoms with Crippen molar-refractivity contribution in [2.45, 2.75) is 32.2 Å². The van der Waals surface area contributed by atoms with Gasteiger partial charge in [0.05, 0.1) is 11.9 Å². The van der Waals surface area contributed by atoms with Crippen LogP contribution in [0.2, 0.25) is 0 Å². The van der Waals surface area contributed by atoms with Crippen LogP contribution in [0.1, 0.15) is 45.3 Å². The molecule has 1 fully saturated rings. The first kappa shape index (κ1) is 17.2. The molecule has 0 bridgehead atoms. The zero-order valence-electron chi connectivity index (χ0n) is 15.1. The maximum Gasteiger partial charge on any atom is 0.256 e. The average molecular weight is 369 g/mol. The van der Waals surface area contributed by atoms with Crippen LogP contribution in [-0.4, -0.2) is 45.5 Å². The molecule has 0 aliphatic carbocycles. The Hall–Kier alpha value is -2.25. The fraction of sp³-hybridized carbons (Fsp3) is 0.421. The van der Waals surface area contributed by atoms with Gasteiger partial charge in [-0.2, -0.15) is 5.10 Å². The molecule has 136 valence electrons. The molecule has 1 aliphatic heterocycles. The van der Waals surface area contributed by atoms with Crippen molar-refractivity contribution in [1.82, 2.24) is 24.8 Å². The third-order valence-electron chi connectivity index (χ3n) is 5.16. The number of carbonyl (C=O) groups excluding carboxylic acids is 1. The van der Waals surface area contributed by atoms with Gasteiger partial charge in [0.25, 0.3) is 5.91 Å². The van der Waals surface area contributed by atoms with Gasteiger partial charge in [0.15, 0.2) is 5.65 Å². The first-order chi connectivity index (χ1) is 12.7. The number of carbonyl (C=O) groups is 1. The van der Waals surface area contributed by atoms with Crippen molar-refractivity contribution < 1.29 is 4.79 Å². The topological polar surface area (TPSA) is 62.5 Å². The molecule has 0 radical (unpaired) electrons. The second kappa shape index (κ2) is 7.17. The molecule has 7 heteroatoms. The SMILES string of the molecule is CNC(=O)c1cnn2c([C@H]3CCCN(Cc4sccc4C)C3)ccnc12. The molecule has 3 aromatic heterocycles. The molecule has 1 saturated heterocycles. The van der Waals surface area contributed by atoms with Gasteiger partial charge in [0.2, 0.25) is 0 Å². The fourth-order valence-electron chi connectivity index (χ4n) is 3.72. The Kier molecular flexibility index (Phi) is 4.74. The minimum Gasteiger partial charge on any atom is -0.355 e. The van der Waals surface area contributed by atoms with Crippen LogP contribution in [0.5, 0.6) is 0 Å². The molecule has 3 aromatic rings. The van der Waals surface area contributed by atoms with E-state index in [1.165, 1.54) is 16.9 Å². The molecule has 1 atom stereocenters. The highest BCUT2D eigenvalue weighted by atomic mass is 32.1. The predicted molar refractivity (Wildman–Crippen MR) is 103 cm³/mol. The largest absolute Gasteiger partial charge is 0.355 e. The van der Waals surface area contributed by atoms with Crippen molar-refractivity contribution in [3.8, 4) is 0 Å². The van der Waals surface area contributed by atoms with Crippen LogP contribution in [0.3, 0.4) is 0 Å². The number of fused-ring (bicyclic) bond motifs is 1. The van der Waals surface area contributed by atoms with Gasteiger partial charge in [-0.05, 0) is 49.4 Å². The third kappa shape index (κ3) is 3.12. The summed E-state index contributed by atoms with van der Waals surface area (Å²) in [5.41, 5.74) is 3.67. The summed E-state index contributed by atoms with van der Waals surface area (Å²) in [6.07, 6.45) is 5.71. The van der Waals surface area contributed by atoms with Crippen LogP contribution in [0.25, 0.3) is 5.65 Å². The molecule has 6 nitrogen and oxygen atoms in total. The molecule has 26 heavy (non-hydrogen) atoms. The number of amides is 1. The molecule has 1 aliphatic rings. The van der Waals surface area contributed by atoms with Crippen molar-refractivity contribution in [2.75, 3.05) is 20.1 Å². The summed E-state index contributed by atoms with van der Waals surface area (Å²) in [5.74, 6) is 0.245. The first-order valence-electron chi connectivity index (χ1n) is 8.97. The van der Waals surface area contributed by atoms with E-state index in [1.807, 2.05) is 21.9 Å². The van der Waals surface area contributed by atoms with E-state index in [-0.39, 0.29) is 5.91 Å². The zero-order chi connectivity index (χ0) is 18.1. The number of thiophene rings is 1. The Bertz CT molecular complexity index is 931. The minimum atomic E-state index is -0.150. The smallest absolute Gasteiger partial charge is 0.256 e. The molecule has 0 saturated carbocycles. The Labute approximate surface area is 156 Å². The van der Waals surface area contributed by atoms with E-state index in [9.17, 15) is 4.79 Å². The van der Waals surface area contributed by atoms with Crippen LogP contribution in [0.15, 0.2) is 29.9 Å². The zero-order valence-corrected chi connectivity index (χ0v) is 15.9. The fourth-order valence-corrected chi connectivity index (χ4v) is 4.67. The number of nitrogens with one attached hydrogen (secondary N) is 1. The van der Waals surface area contributed by atoms with Gasteiger partial charge in [-0.25, -0.2) is 9.50 Å². The molecule has 4 heterocycles. The highest BCUT2D eigenvalue weighted by Gasteiger charge is 2.25. The summed E-state index contributed by atoms with van der Waals surface area (Å²) >= 11 is 1.84. The van der Waals surface area contributed by atoms with E-state index in [0.717, 1.165) is 31.7 Å². The third-order valence-corrected chi connectivity index (χ3v) is 6.17. The van der Waals surface area contributed by atoms with E-state index >= 15 is 0 Å². The van der Waals surface area contributed by atoms with Crippen LogP contribution in [-0.2, 0) is 6.54 Å². The van der Waals surface area contributed by atoms with Gasteiger partial charge in [0.1, 0.15) is 5.56 Å². The van der Waals surface area contributed by atoms with Crippen molar-refractivity contribution in [1.29, 1.82) is 0 Å². The van der Waals surface area contributed by atoms with E-state index in [0.29, 0.717) is 17.1 Å². The number of aromatic nitrogens is 3. The molecule has 1 N–H and O–H groups in total. The van der Waals surface area contributed by atoms with Crippen molar-refractivity contribution >= 4 is 22.9 Å². The van der Waals surface area contributed by atoms with Gasteiger partial charge in [0, 0.05) is 37.1 Å². The highest BCUT2D eigenvalue weighted by molar-refractivity contribution is 7.10. The number of aryl methyl sites for hydroxylation is 1. The Morgan fingerprint density at radius 1 is 1.42 bits per heavy atom. The van der Waals surface area contributed by atoms with Gasteiger partial charge in [-0.1, -0.05) is 0 Å². The number of rotatable bonds is 4. The Balaban J connectivity index is 1.60. The maximum absolute atomic E-state index is 12.0. The number of hydrogen-bond acceptors (Lipinski definition) is 5. The standard InChI is InChI=1S/C19H23N5OS/c1-13-6-9-26-17(13)12-23-8-3-4-14(11-23)16-5-7-21-18-15(19(25)20-2)10-22-24(16)18/h5-7,9-10,14H,3-4,8,11-12H2,1-2H3,(H,20,25)/t14-/m0/s1. The lowest BCUT2D eigenvalue weighted by Crippen LogP contribution is -2.34. The van der Waals surface area contributed by atoms with Crippen LogP contribution in [0, 0.1) is 6.92 Å². The van der Waals surface area contributed by atoms with Gasteiger partial charge in [-0.15, -0.1) is 11.3 Å². The summed E-state index contributed by atoms with van der Waals surface area (Å²) < 4.78 is 1.84. The second-order valence-electron chi connectivity index (χ2n) is 6.84. The lowest BCUT2D eigenvalue weighted by Gasteiger charge is -2.32. The van der Waals surface area contributed by atoms with E-state index in [2.05, 4.69) is 38.7 Å². The number of nitrogens with zero attached hydrogens (tertiary/aromatic N) is 4. The summed E-state index contributed by atoms with van der Waals surface area (Å²) in [7, 11) is 1.63. The van der Waals surface area contributed by atoms with Crippen LogP contribution < -0.4 is 5.32 Å². The van der Waals surface area contributed by atoms with Gasteiger partial charge >= 0.3 is 0 Å². The Morgan fingerprint density at radius 2 is 2.31 bits per heavy atom. The van der Waals surface area contributed by atoms with Crippen molar-refractivity contribution in [3.63, 3.8) is 0 Å². The predicted octanol–water partition coefficient (Wildman–Crippen LogP) is 2.84. The Morgan fingerprint density at radius 3 is 3.08 bits per heavy atom. The summed E-state index contributed by atoms with van der Waals surface area (Å²) in [4.78, 5) is 20.4. The van der Waals surface area contributed by atoms with E-state index in [4.69, 9.17) is 0 Å². The molecule has 0 aromatic carbocycles. The molecule has 1 amide bonds. The number of likely N-dealkylation sites (tertiary alicyclic amines) is 1. The lowest BCUT2D eigenvalue weighted by atomic mass is 9.94. The summed E-state index contributed by atoms with van der Waals surface area (Å²) in [6, 6.07) is 4.23.